The molecule has 1 aromatic rings. The number of aromatic nitrogens is 2. The number of carbonyl (C=O) groups is 1. The lowest BCUT2D eigenvalue weighted by Gasteiger charge is -2.18. The first-order valence-electron chi connectivity index (χ1n) is 7.46. The largest absolute Gasteiger partial charge is 0.353 e. The van der Waals surface area contributed by atoms with Crippen LogP contribution in [0.4, 0.5) is 0 Å². The Kier molecular flexibility index (Phi) is 6.95. The third kappa shape index (κ3) is 4.88. The van der Waals surface area contributed by atoms with Crippen LogP contribution in [-0.2, 0) is 18.3 Å². The molecular weight excluding hydrogens is 286 g/mol. The van der Waals surface area contributed by atoms with Crippen molar-refractivity contribution in [3.05, 3.63) is 22.1 Å². The zero-order valence-electron chi connectivity index (χ0n) is 13.5. The SMILES string of the molecule is CCc1cc(=O)n(C)c(SC(CC)C(=O)NC(C)CC)n1. The van der Waals surface area contributed by atoms with Crippen LogP contribution in [0.25, 0.3) is 0 Å². The number of nitrogens with zero attached hydrogens (tertiary/aromatic N) is 2. The van der Waals surface area contributed by atoms with E-state index in [1.165, 1.54) is 16.3 Å². The first kappa shape index (κ1) is 17.8. The minimum atomic E-state index is -0.232. The number of hydrogen-bond acceptors (Lipinski definition) is 4. The molecule has 0 spiro atoms. The highest BCUT2D eigenvalue weighted by Crippen LogP contribution is 2.23. The van der Waals surface area contributed by atoms with Gasteiger partial charge in [-0.15, -0.1) is 0 Å². The van der Waals surface area contributed by atoms with Crippen molar-refractivity contribution < 1.29 is 4.79 Å². The van der Waals surface area contributed by atoms with Gasteiger partial charge in [0, 0.05) is 24.8 Å². The first-order chi connectivity index (χ1) is 9.92. The van der Waals surface area contributed by atoms with Gasteiger partial charge in [0.1, 0.15) is 0 Å². The molecule has 1 amide bonds. The lowest BCUT2D eigenvalue weighted by molar-refractivity contribution is -0.121. The minimum absolute atomic E-state index is 0.00741. The molecule has 0 aliphatic rings. The van der Waals surface area contributed by atoms with Gasteiger partial charge in [-0.05, 0) is 26.2 Å². The first-order valence-corrected chi connectivity index (χ1v) is 8.34. The smallest absolute Gasteiger partial charge is 0.254 e. The molecule has 0 radical (unpaired) electrons. The van der Waals surface area contributed by atoms with Crippen LogP contribution in [0, 0.1) is 0 Å². The Labute approximate surface area is 130 Å². The van der Waals surface area contributed by atoms with Crippen molar-refractivity contribution in [1.82, 2.24) is 14.9 Å². The number of rotatable bonds is 7. The molecule has 1 N–H and O–H groups in total. The van der Waals surface area contributed by atoms with Gasteiger partial charge < -0.3 is 5.32 Å². The van der Waals surface area contributed by atoms with E-state index in [2.05, 4.69) is 10.3 Å². The van der Waals surface area contributed by atoms with E-state index < -0.39 is 0 Å². The quantitative estimate of drug-likeness (QED) is 0.619. The van der Waals surface area contributed by atoms with Crippen LogP contribution in [0.1, 0.15) is 46.2 Å². The van der Waals surface area contributed by atoms with Crippen molar-refractivity contribution >= 4 is 17.7 Å². The second kappa shape index (κ2) is 8.22. The molecule has 0 aliphatic heterocycles. The molecule has 118 valence electrons. The van der Waals surface area contributed by atoms with Crippen molar-refractivity contribution in [2.45, 2.75) is 63.4 Å². The molecule has 0 saturated carbocycles. The van der Waals surface area contributed by atoms with E-state index in [0.717, 1.165) is 12.1 Å². The molecule has 5 nitrogen and oxygen atoms in total. The predicted molar refractivity (Wildman–Crippen MR) is 86.7 cm³/mol. The van der Waals surface area contributed by atoms with Gasteiger partial charge in [-0.1, -0.05) is 32.5 Å². The van der Waals surface area contributed by atoms with E-state index in [-0.39, 0.29) is 22.8 Å². The summed E-state index contributed by atoms with van der Waals surface area (Å²) in [5, 5.41) is 3.36. The maximum atomic E-state index is 12.3. The van der Waals surface area contributed by atoms with Crippen molar-refractivity contribution in [3.63, 3.8) is 0 Å². The van der Waals surface area contributed by atoms with Crippen molar-refractivity contribution in [1.29, 1.82) is 0 Å². The van der Waals surface area contributed by atoms with Crippen LogP contribution < -0.4 is 10.9 Å². The molecule has 2 unspecified atom stereocenters. The van der Waals surface area contributed by atoms with Crippen LogP contribution in [0.3, 0.4) is 0 Å². The predicted octanol–water partition coefficient (Wildman–Crippen LogP) is 2.13. The monoisotopic (exact) mass is 311 g/mol. The molecule has 0 aromatic carbocycles. The third-order valence-corrected chi connectivity index (χ3v) is 4.83. The molecule has 0 bridgehead atoms. The number of carbonyl (C=O) groups excluding carboxylic acids is 1. The van der Waals surface area contributed by atoms with E-state index in [9.17, 15) is 9.59 Å². The summed E-state index contributed by atoms with van der Waals surface area (Å²) in [4.78, 5) is 28.6. The van der Waals surface area contributed by atoms with Gasteiger partial charge in [-0.25, -0.2) is 4.98 Å². The molecule has 1 rings (SSSR count). The Morgan fingerprint density at radius 1 is 1.38 bits per heavy atom. The fourth-order valence-electron chi connectivity index (χ4n) is 1.74. The minimum Gasteiger partial charge on any atom is -0.353 e. The Bertz CT molecular complexity index is 542. The molecule has 0 fully saturated rings. The maximum absolute atomic E-state index is 12.3. The molecule has 1 heterocycles. The summed E-state index contributed by atoms with van der Waals surface area (Å²) in [5.41, 5.74) is 0.680. The Hall–Kier alpha value is -1.30. The molecular formula is C15H25N3O2S. The van der Waals surface area contributed by atoms with Crippen molar-refractivity contribution in [3.8, 4) is 0 Å². The van der Waals surface area contributed by atoms with Gasteiger partial charge in [-0.2, -0.15) is 0 Å². The Balaban J connectivity index is 2.93. The fourth-order valence-corrected chi connectivity index (χ4v) is 2.75. The standard InChI is InChI=1S/C15H25N3O2S/c1-6-10(4)16-14(20)12(8-3)21-15-17-11(7-2)9-13(19)18(15)5/h9-10,12H,6-8H2,1-5H3,(H,16,20). The van der Waals surface area contributed by atoms with Gasteiger partial charge >= 0.3 is 0 Å². The highest BCUT2D eigenvalue weighted by molar-refractivity contribution is 8.00. The summed E-state index contributed by atoms with van der Waals surface area (Å²) in [6, 6.07) is 1.70. The van der Waals surface area contributed by atoms with Crippen molar-refractivity contribution in [2.75, 3.05) is 0 Å². The lowest BCUT2D eigenvalue weighted by Crippen LogP contribution is -2.38. The summed E-state index contributed by atoms with van der Waals surface area (Å²) in [5.74, 6) is 0.00741. The van der Waals surface area contributed by atoms with Crippen molar-refractivity contribution in [2.24, 2.45) is 7.05 Å². The van der Waals surface area contributed by atoms with Crippen LogP contribution in [0.2, 0.25) is 0 Å². The zero-order chi connectivity index (χ0) is 16.0. The van der Waals surface area contributed by atoms with Crippen LogP contribution >= 0.6 is 11.8 Å². The number of hydrogen-bond donors (Lipinski definition) is 1. The summed E-state index contributed by atoms with van der Waals surface area (Å²) in [7, 11) is 1.69. The topological polar surface area (TPSA) is 64.0 Å². The molecule has 0 aliphatic carbocycles. The number of amides is 1. The van der Waals surface area contributed by atoms with Crippen LogP contribution in [0.5, 0.6) is 0 Å². The summed E-state index contributed by atoms with van der Waals surface area (Å²) < 4.78 is 1.50. The highest BCUT2D eigenvalue weighted by Gasteiger charge is 2.21. The molecule has 2 atom stereocenters. The average Bonchev–Trinajstić information content (AvgIpc) is 2.47. The van der Waals surface area contributed by atoms with Gasteiger partial charge in [0.25, 0.3) is 5.56 Å². The van der Waals surface area contributed by atoms with Gasteiger partial charge in [0.2, 0.25) is 5.91 Å². The second-order valence-corrected chi connectivity index (χ2v) is 6.28. The number of nitrogens with one attached hydrogen (secondary N) is 1. The van der Waals surface area contributed by atoms with Gasteiger partial charge in [0.05, 0.1) is 5.25 Å². The third-order valence-electron chi connectivity index (χ3n) is 3.42. The van der Waals surface area contributed by atoms with Gasteiger partial charge in [-0.3, -0.25) is 14.2 Å². The van der Waals surface area contributed by atoms with Gasteiger partial charge in [0.15, 0.2) is 5.16 Å². The number of aryl methyl sites for hydroxylation is 1. The highest BCUT2D eigenvalue weighted by atomic mass is 32.2. The molecule has 21 heavy (non-hydrogen) atoms. The van der Waals surface area contributed by atoms with E-state index in [4.69, 9.17) is 0 Å². The Morgan fingerprint density at radius 2 is 2.05 bits per heavy atom. The number of thioether (sulfide) groups is 1. The van der Waals surface area contributed by atoms with E-state index in [0.29, 0.717) is 18.0 Å². The molecule has 1 aromatic heterocycles. The molecule has 6 heteroatoms. The maximum Gasteiger partial charge on any atom is 0.254 e. The summed E-state index contributed by atoms with van der Waals surface area (Å²) in [6.45, 7) is 7.95. The second-order valence-electron chi connectivity index (χ2n) is 5.11. The van der Waals surface area contributed by atoms with Crippen LogP contribution in [-0.4, -0.2) is 26.8 Å². The Morgan fingerprint density at radius 3 is 2.57 bits per heavy atom. The normalized spacial score (nSPS) is 13.8. The van der Waals surface area contributed by atoms with Crippen LogP contribution in [0.15, 0.2) is 16.0 Å². The van der Waals surface area contributed by atoms with E-state index in [1.807, 2.05) is 27.7 Å². The van der Waals surface area contributed by atoms with E-state index >= 15 is 0 Å². The lowest BCUT2D eigenvalue weighted by atomic mass is 10.2. The summed E-state index contributed by atoms with van der Waals surface area (Å²) in [6.07, 6.45) is 2.30. The molecule has 0 saturated heterocycles. The summed E-state index contributed by atoms with van der Waals surface area (Å²) >= 11 is 1.36. The fraction of sp³-hybridized carbons (Fsp3) is 0.667. The zero-order valence-corrected chi connectivity index (χ0v) is 14.3. The average molecular weight is 311 g/mol. The van der Waals surface area contributed by atoms with E-state index in [1.54, 1.807) is 13.1 Å².